The summed E-state index contributed by atoms with van der Waals surface area (Å²) in [7, 11) is 3.94. The highest BCUT2D eigenvalue weighted by molar-refractivity contribution is 5.87. The Morgan fingerprint density at radius 2 is 2.00 bits per heavy atom. The molecule has 1 aliphatic heterocycles. The SMILES string of the molecule is CN(C)c1ccc(COC(=O)N2CCC(=O)C2)cc1. The van der Waals surface area contributed by atoms with Gasteiger partial charge < -0.3 is 14.5 Å². The van der Waals surface area contributed by atoms with Crippen LogP contribution in [0, 0.1) is 0 Å². The highest BCUT2D eigenvalue weighted by atomic mass is 16.6. The van der Waals surface area contributed by atoms with Gasteiger partial charge in [0.05, 0.1) is 6.54 Å². The van der Waals surface area contributed by atoms with Crippen molar-refractivity contribution in [3.63, 3.8) is 0 Å². The molecule has 0 radical (unpaired) electrons. The molecule has 1 amide bonds. The predicted molar refractivity (Wildman–Crippen MR) is 72.2 cm³/mol. The van der Waals surface area contributed by atoms with Crippen LogP contribution in [0.1, 0.15) is 12.0 Å². The Labute approximate surface area is 112 Å². The van der Waals surface area contributed by atoms with Crippen molar-refractivity contribution in [3.8, 4) is 0 Å². The zero-order valence-corrected chi connectivity index (χ0v) is 11.3. The third-order valence-electron chi connectivity index (χ3n) is 3.10. The third kappa shape index (κ3) is 3.47. The van der Waals surface area contributed by atoms with Crippen LogP contribution >= 0.6 is 0 Å². The van der Waals surface area contributed by atoms with Gasteiger partial charge in [0.25, 0.3) is 0 Å². The monoisotopic (exact) mass is 262 g/mol. The van der Waals surface area contributed by atoms with Crippen LogP contribution in [0.4, 0.5) is 10.5 Å². The van der Waals surface area contributed by atoms with E-state index in [0.717, 1.165) is 11.3 Å². The van der Waals surface area contributed by atoms with Crippen LogP contribution in [-0.4, -0.2) is 44.0 Å². The molecule has 0 aliphatic carbocycles. The molecule has 1 aliphatic rings. The van der Waals surface area contributed by atoms with Crippen LogP contribution in [-0.2, 0) is 16.1 Å². The van der Waals surface area contributed by atoms with E-state index in [1.807, 2.05) is 43.3 Å². The van der Waals surface area contributed by atoms with E-state index in [-0.39, 0.29) is 18.9 Å². The van der Waals surface area contributed by atoms with Gasteiger partial charge in [-0.2, -0.15) is 0 Å². The summed E-state index contributed by atoms with van der Waals surface area (Å²) in [5.41, 5.74) is 2.03. The van der Waals surface area contributed by atoms with Gasteiger partial charge in [0.1, 0.15) is 6.61 Å². The normalized spacial score (nSPS) is 14.6. The zero-order chi connectivity index (χ0) is 13.8. The largest absolute Gasteiger partial charge is 0.445 e. The lowest BCUT2D eigenvalue weighted by atomic mass is 10.2. The number of ketones is 1. The van der Waals surface area contributed by atoms with Crippen molar-refractivity contribution < 1.29 is 14.3 Å². The Kier molecular flexibility index (Phi) is 4.04. The summed E-state index contributed by atoms with van der Waals surface area (Å²) >= 11 is 0. The standard InChI is InChI=1S/C14H18N2O3/c1-15(2)12-5-3-11(4-6-12)10-19-14(18)16-8-7-13(17)9-16/h3-6H,7-10H2,1-2H3. The maximum Gasteiger partial charge on any atom is 0.410 e. The second kappa shape index (κ2) is 5.73. The average Bonchev–Trinajstić information content (AvgIpc) is 2.83. The van der Waals surface area contributed by atoms with Gasteiger partial charge >= 0.3 is 6.09 Å². The van der Waals surface area contributed by atoms with Gasteiger partial charge in [0, 0.05) is 32.7 Å². The minimum atomic E-state index is -0.414. The van der Waals surface area contributed by atoms with E-state index in [4.69, 9.17) is 4.74 Å². The van der Waals surface area contributed by atoms with Crippen LogP contribution in [0.25, 0.3) is 0 Å². The fourth-order valence-corrected chi connectivity index (χ4v) is 1.91. The van der Waals surface area contributed by atoms with Gasteiger partial charge in [-0.3, -0.25) is 4.79 Å². The molecule has 2 rings (SSSR count). The fraction of sp³-hybridized carbons (Fsp3) is 0.429. The molecule has 0 unspecified atom stereocenters. The number of carbonyl (C=O) groups is 2. The number of nitrogens with zero attached hydrogens (tertiary/aromatic N) is 2. The number of carbonyl (C=O) groups excluding carboxylic acids is 2. The Hall–Kier alpha value is -2.04. The van der Waals surface area contributed by atoms with Gasteiger partial charge in [-0.25, -0.2) is 4.79 Å². The molecule has 0 bridgehead atoms. The first-order valence-corrected chi connectivity index (χ1v) is 6.26. The second-order valence-electron chi connectivity index (χ2n) is 4.83. The number of hydrogen-bond acceptors (Lipinski definition) is 4. The number of Topliss-reactive ketones (excluding diaryl/α,β-unsaturated/α-hetero) is 1. The Bertz CT molecular complexity index is 468. The highest BCUT2D eigenvalue weighted by Crippen LogP contribution is 2.14. The second-order valence-corrected chi connectivity index (χ2v) is 4.83. The van der Waals surface area contributed by atoms with Crippen molar-refractivity contribution in [2.75, 3.05) is 32.1 Å². The zero-order valence-electron chi connectivity index (χ0n) is 11.3. The summed E-state index contributed by atoms with van der Waals surface area (Å²) in [6.45, 7) is 0.882. The van der Waals surface area contributed by atoms with E-state index < -0.39 is 6.09 Å². The molecule has 1 aromatic carbocycles. The number of anilines is 1. The van der Waals surface area contributed by atoms with Gasteiger partial charge in [0.2, 0.25) is 0 Å². The third-order valence-corrected chi connectivity index (χ3v) is 3.10. The molecular formula is C14H18N2O3. The van der Waals surface area contributed by atoms with Crippen LogP contribution in [0.15, 0.2) is 24.3 Å². The van der Waals surface area contributed by atoms with E-state index in [1.54, 1.807) is 0 Å². The van der Waals surface area contributed by atoms with E-state index >= 15 is 0 Å². The molecule has 19 heavy (non-hydrogen) atoms. The predicted octanol–water partition coefficient (Wildman–Crippen LogP) is 1.66. The summed E-state index contributed by atoms with van der Waals surface area (Å²) in [5, 5.41) is 0. The Morgan fingerprint density at radius 3 is 2.53 bits per heavy atom. The molecule has 5 heteroatoms. The molecule has 0 saturated carbocycles. The van der Waals surface area contributed by atoms with Crippen LogP contribution in [0.5, 0.6) is 0 Å². The molecule has 1 heterocycles. The number of rotatable bonds is 3. The average molecular weight is 262 g/mol. The minimum Gasteiger partial charge on any atom is -0.445 e. The molecule has 1 saturated heterocycles. The van der Waals surface area contributed by atoms with Crippen LogP contribution in [0.3, 0.4) is 0 Å². The smallest absolute Gasteiger partial charge is 0.410 e. The number of benzene rings is 1. The van der Waals surface area contributed by atoms with Crippen molar-refractivity contribution in [1.29, 1.82) is 0 Å². The molecule has 1 aromatic rings. The van der Waals surface area contributed by atoms with Gasteiger partial charge in [0.15, 0.2) is 5.78 Å². The molecule has 5 nitrogen and oxygen atoms in total. The molecule has 1 fully saturated rings. The number of amides is 1. The van der Waals surface area contributed by atoms with Gasteiger partial charge in [-0.15, -0.1) is 0 Å². The van der Waals surface area contributed by atoms with E-state index in [9.17, 15) is 9.59 Å². The van der Waals surface area contributed by atoms with Crippen molar-refractivity contribution in [2.24, 2.45) is 0 Å². The Balaban J connectivity index is 1.85. The highest BCUT2D eigenvalue weighted by Gasteiger charge is 2.24. The summed E-state index contributed by atoms with van der Waals surface area (Å²) in [6.07, 6.45) is 0.0228. The summed E-state index contributed by atoms with van der Waals surface area (Å²) in [4.78, 5) is 26.2. The fourth-order valence-electron chi connectivity index (χ4n) is 1.91. The van der Waals surface area contributed by atoms with Gasteiger partial charge in [-0.05, 0) is 17.7 Å². The summed E-state index contributed by atoms with van der Waals surface area (Å²) < 4.78 is 5.18. The van der Waals surface area contributed by atoms with Crippen molar-refractivity contribution in [1.82, 2.24) is 4.90 Å². The van der Waals surface area contributed by atoms with Crippen molar-refractivity contribution >= 4 is 17.6 Å². The molecule has 0 atom stereocenters. The first-order chi connectivity index (χ1) is 9.06. The summed E-state index contributed by atoms with van der Waals surface area (Å²) in [6, 6.07) is 7.81. The number of hydrogen-bond donors (Lipinski definition) is 0. The van der Waals surface area contributed by atoms with E-state index in [1.165, 1.54) is 4.90 Å². The van der Waals surface area contributed by atoms with Crippen LogP contribution < -0.4 is 4.90 Å². The Morgan fingerprint density at radius 1 is 1.32 bits per heavy atom. The minimum absolute atomic E-state index is 0.0901. The van der Waals surface area contributed by atoms with E-state index in [0.29, 0.717) is 13.0 Å². The lowest BCUT2D eigenvalue weighted by Crippen LogP contribution is -2.29. The molecule has 0 N–H and O–H groups in total. The topological polar surface area (TPSA) is 49.9 Å². The van der Waals surface area contributed by atoms with E-state index in [2.05, 4.69) is 0 Å². The number of ether oxygens (including phenoxy) is 1. The lowest BCUT2D eigenvalue weighted by molar-refractivity contribution is -0.116. The van der Waals surface area contributed by atoms with Gasteiger partial charge in [-0.1, -0.05) is 12.1 Å². The molecular weight excluding hydrogens is 244 g/mol. The van der Waals surface area contributed by atoms with Crippen molar-refractivity contribution in [3.05, 3.63) is 29.8 Å². The first kappa shape index (κ1) is 13.4. The number of likely N-dealkylation sites (tertiary alicyclic amines) is 1. The lowest BCUT2D eigenvalue weighted by Gasteiger charge is -2.15. The maximum atomic E-state index is 11.7. The summed E-state index contributed by atoms with van der Waals surface area (Å²) in [5.74, 6) is 0.0901. The molecule has 102 valence electrons. The maximum absolute atomic E-state index is 11.7. The quantitative estimate of drug-likeness (QED) is 0.831. The molecule has 0 spiro atoms. The van der Waals surface area contributed by atoms with Crippen LogP contribution in [0.2, 0.25) is 0 Å². The first-order valence-electron chi connectivity index (χ1n) is 6.26. The van der Waals surface area contributed by atoms with Crippen molar-refractivity contribution in [2.45, 2.75) is 13.0 Å². The molecule has 0 aromatic heterocycles.